The number of halogens is 2. The molecule has 0 aliphatic heterocycles. The first-order chi connectivity index (χ1) is 11.9. The molecule has 0 aliphatic carbocycles. The number of hydrogen-bond acceptors (Lipinski definition) is 4. The monoisotopic (exact) mass is 513 g/mol. The number of benzene rings is 2. The fourth-order valence-corrected chi connectivity index (χ4v) is 3.12. The van der Waals surface area contributed by atoms with Gasteiger partial charge in [0.2, 0.25) is 0 Å². The molecule has 2 rings (SSSR count). The Balaban J connectivity index is 2.41. The molecule has 0 saturated carbocycles. The predicted molar refractivity (Wildman–Crippen MR) is 106 cm³/mol. The van der Waals surface area contributed by atoms with Crippen LogP contribution in [-0.4, -0.2) is 24.8 Å². The van der Waals surface area contributed by atoms with Gasteiger partial charge in [-0.15, -0.1) is 0 Å². The Kier molecular flexibility index (Phi) is 6.84. The van der Waals surface area contributed by atoms with E-state index in [0.717, 1.165) is 15.6 Å². The van der Waals surface area contributed by atoms with Gasteiger partial charge in [0.25, 0.3) is 0 Å². The first kappa shape index (κ1) is 19.3. The number of carboxylic acid groups (broad SMARTS) is 1. The molecule has 2 aromatic rings. The smallest absolute Gasteiger partial charge is 0.341 e. The Hall–Kier alpha value is -2.05. The number of rotatable bonds is 6. The molecule has 0 amide bonds. The minimum Gasteiger partial charge on any atom is -0.493 e. The van der Waals surface area contributed by atoms with Crippen LogP contribution in [0.3, 0.4) is 0 Å². The molecule has 0 aromatic heterocycles. The van der Waals surface area contributed by atoms with Crippen LogP contribution in [0.15, 0.2) is 40.9 Å². The number of nitriles is 1. The van der Waals surface area contributed by atoms with Crippen LogP contribution in [-0.2, 0) is 4.79 Å². The van der Waals surface area contributed by atoms with Gasteiger partial charge >= 0.3 is 5.97 Å². The first-order valence-electron chi connectivity index (χ1n) is 7.04. The fourth-order valence-electron chi connectivity index (χ4n) is 2.07. The maximum absolute atomic E-state index is 10.7. The minimum atomic E-state index is -1.07. The van der Waals surface area contributed by atoms with Gasteiger partial charge in [-0.05, 0) is 64.1 Å². The van der Waals surface area contributed by atoms with Gasteiger partial charge in [0.15, 0.2) is 18.1 Å². The summed E-state index contributed by atoms with van der Waals surface area (Å²) in [6.07, 6.45) is 1.74. The van der Waals surface area contributed by atoms with Gasteiger partial charge in [-0.2, -0.15) is 5.26 Å². The molecule has 0 heterocycles. The Bertz CT molecular complexity index is 857. The van der Waals surface area contributed by atoms with Gasteiger partial charge < -0.3 is 14.6 Å². The summed E-state index contributed by atoms with van der Waals surface area (Å²) in [7, 11) is 1.48. The van der Waals surface area contributed by atoms with Crippen LogP contribution in [0, 0.1) is 14.9 Å². The molecule has 128 valence electrons. The van der Waals surface area contributed by atoms with Crippen LogP contribution >= 0.6 is 38.5 Å². The lowest BCUT2D eigenvalue weighted by Gasteiger charge is -2.12. The quantitative estimate of drug-likeness (QED) is 0.347. The van der Waals surface area contributed by atoms with E-state index in [9.17, 15) is 10.1 Å². The van der Waals surface area contributed by atoms with E-state index in [0.29, 0.717) is 20.6 Å². The highest BCUT2D eigenvalue weighted by Gasteiger charge is 2.13. The third kappa shape index (κ3) is 5.21. The highest BCUT2D eigenvalue weighted by atomic mass is 127. The van der Waals surface area contributed by atoms with Crippen LogP contribution in [0.5, 0.6) is 11.5 Å². The van der Waals surface area contributed by atoms with Crippen molar-refractivity contribution in [1.82, 2.24) is 0 Å². The summed E-state index contributed by atoms with van der Waals surface area (Å²) in [5.74, 6) is -0.291. The van der Waals surface area contributed by atoms with Crippen LogP contribution in [0.1, 0.15) is 11.1 Å². The highest BCUT2D eigenvalue weighted by molar-refractivity contribution is 14.1. The van der Waals surface area contributed by atoms with Crippen LogP contribution in [0.4, 0.5) is 0 Å². The van der Waals surface area contributed by atoms with Crippen LogP contribution in [0.25, 0.3) is 11.6 Å². The summed E-state index contributed by atoms with van der Waals surface area (Å²) in [5, 5.41) is 18.2. The molecular weight excluding hydrogens is 501 g/mol. The number of ether oxygens (including phenoxy) is 2. The minimum absolute atomic E-state index is 0.366. The van der Waals surface area contributed by atoms with Crippen molar-refractivity contribution in [3.8, 4) is 17.6 Å². The average Bonchev–Trinajstić information content (AvgIpc) is 2.59. The highest BCUT2D eigenvalue weighted by Crippen LogP contribution is 2.35. The zero-order valence-electron chi connectivity index (χ0n) is 13.1. The number of hydrogen-bond donors (Lipinski definition) is 1. The van der Waals surface area contributed by atoms with Crippen molar-refractivity contribution in [3.05, 3.63) is 55.6 Å². The molecule has 7 heteroatoms. The molecule has 5 nitrogen and oxygen atoms in total. The third-order valence-electron chi connectivity index (χ3n) is 3.18. The zero-order valence-corrected chi connectivity index (χ0v) is 16.9. The number of nitrogens with zero attached hydrogens (tertiary/aromatic N) is 1. The van der Waals surface area contributed by atoms with E-state index in [-0.39, 0.29) is 0 Å². The van der Waals surface area contributed by atoms with E-state index >= 15 is 0 Å². The number of aliphatic carboxylic acids is 1. The molecule has 1 N–H and O–H groups in total. The molecule has 0 atom stereocenters. The second-order valence-corrected chi connectivity index (χ2v) is 6.97. The van der Waals surface area contributed by atoms with Crippen LogP contribution in [0.2, 0.25) is 0 Å². The molecule has 0 aliphatic rings. The molecule has 0 radical (unpaired) electrons. The molecule has 2 aromatic carbocycles. The Labute approximate surface area is 167 Å². The van der Waals surface area contributed by atoms with E-state index in [4.69, 9.17) is 14.6 Å². The summed E-state index contributed by atoms with van der Waals surface area (Å²) in [6.45, 7) is -0.454. The summed E-state index contributed by atoms with van der Waals surface area (Å²) < 4.78 is 12.2. The second kappa shape index (κ2) is 8.87. The van der Waals surface area contributed by atoms with Crippen LogP contribution < -0.4 is 9.47 Å². The Morgan fingerprint density at radius 3 is 2.60 bits per heavy atom. The number of methoxy groups -OCH3 is 1. The van der Waals surface area contributed by atoms with E-state index in [1.807, 2.05) is 46.9 Å². The van der Waals surface area contributed by atoms with Gasteiger partial charge in [-0.1, -0.05) is 28.1 Å². The third-order valence-corrected chi connectivity index (χ3v) is 4.51. The molecule has 0 unspecified atom stereocenters. The lowest BCUT2D eigenvalue weighted by atomic mass is 10.0. The molecule has 0 fully saturated rings. The van der Waals surface area contributed by atoms with Gasteiger partial charge in [-0.3, -0.25) is 0 Å². The van der Waals surface area contributed by atoms with Crippen molar-refractivity contribution in [2.45, 2.75) is 0 Å². The summed E-state index contributed by atoms with van der Waals surface area (Å²) >= 11 is 5.41. The standard InChI is InChI=1S/C18H13BrINO4/c1-24-16-8-11(7-15(20)18(16)25-10-17(22)23)6-13(9-21)12-2-4-14(19)5-3-12/h2-8H,10H2,1H3,(H,22,23)/b13-6+. The summed E-state index contributed by atoms with van der Waals surface area (Å²) in [4.78, 5) is 10.7. The van der Waals surface area contributed by atoms with Crippen molar-refractivity contribution in [3.63, 3.8) is 0 Å². The van der Waals surface area contributed by atoms with Gasteiger partial charge in [0.05, 0.1) is 22.3 Å². The molecule has 0 bridgehead atoms. The topological polar surface area (TPSA) is 79.5 Å². The molecule has 0 spiro atoms. The van der Waals surface area contributed by atoms with Crippen molar-refractivity contribution in [1.29, 1.82) is 5.26 Å². The summed E-state index contributed by atoms with van der Waals surface area (Å²) in [5.41, 5.74) is 2.05. The maximum atomic E-state index is 10.7. The van der Waals surface area contributed by atoms with Crippen molar-refractivity contribution in [2.75, 3.05) is 13.7 Å². The first-order valence-corrected chi connectivity index (χ1v) is 8.91. The molecular formula is C18H13BrINO4. The van der Waals surface area contributed by atoms with Crippen molar-refractivity contribution < 1.29 is 19.4 Å². The van der Waals surface area contributed by atoms with E-state index in [1.54, 1.807) is 18.2 Å². The number of carboxylic acids is 1. The largest absolute Gasteiger partial charge is 0.493 e. The Morgan fingerprint density at radius 2 is 2.04 bits per heavy atom. The number of allylic oxidation sites excluding steroid dienone is 1. The zero-order chi connectivity index (χ0) is 18.4. The van der Waals surface area contributed by atoms with Crippen molar-refractivity contribution >= 4 is 56.1 Å². The average molecular weight is 514 g/mol. The molecule has 0 saturated heterocycles. The number of carbonyl (C=O) groups is 1. The van der Waals surface area contributed by atoms with Crippen molar-refractivity contribution in [2.24, 2.45) is 0 Å². The van der Waals surface area contributed by atoms with E-state index < -0.39 is 12.6 Å². The SMILES string of the molecule is COc1cc(/C=C(\C#N)c2ccc(Br)cc2)cc(I)c1OCC(=O)O. The second-order valence-electron chi connectivity index (χ2n) is 4.89. The fraction of sp³-hybridized carbons (Fsp3) is 0.111. The van der Waals surface area contributed by atoms with E-state index in [1.165, 1.54) is 7.11 Å². The van der Waals surface area contributed by atoms with E-state index in [2.05, 4.69) is 22.0 Å². The van der Waals surface area contributed by atoms with Gasteiger partial charge in [0, 0.05) is 4.47 Å². The lowest BCUT2D eigenvalue weighted by molar-refractivity contribution is -0.139. The predicted octanol–water partition coefficient (Wildman–Crippen LogP) is 4.59. The summed E-state index contributed by atoms with van der Waals surface area (Å²) in [6, 6.07) is 13.1. The van der Waals surface area contributed by atoms with Gasteiger partial charge in [0.1, 0.15) is 0 Å². The normalized spacial score (nSPS) is 10.9. The maximum Gasteiger partial charge on any atom is 0.341 e. The lowest BCUT2D eigenvalue weighted by Crippen LogP contribution is -2.11. The van der Waals surface area contributed by atoms with Gasteiger partial charge in [-0.25, -0.2) is 4.79 Å². The molecule has 25 heavy (non-hydrogen) atoms. The Morgan fingerprint density at radius 1 is 1.36 bits per heavy atom.